The number of ether oxygens (including phenoxy) is 1. The second-order valence-electron chi connectivity index (χ2n) is 5.08. The van der Waals surface area contributed by atoms with Gasteiger partial charge in [0.25, 0.3) is 0 Å². The van der Waals surface area contributed by atoms with E-state index in [-0.39, 0.29) is 5.60 Å². The quantitative estimate of drug-likeness (QED) is 0.847. The monoisotopic (exact) mass is 248 g/mol. The Kier molecular flexibility index (Phi) is 3.99. The summed E-state index contributed by atoms with van der Waals surface area (Å²) in [6.45, 7) is 4.67. The van der Waals surface area contributed by atoms with Gasteiger partial charge in [0.05, 0.1) is 12.2 Å². The Morgan fingerprint density at radius 2 is 2.17 bits per heavy atom. The van der Waals surface area contributed by atoms with Crippen LogP contribution in [0.4, 0.5) is 0 Å². The first kappa shape index (κ1) is 13.1. The fraction of sp³-hybridized carbons (Fsp3) is 0.500. The van der Waals surface area contributed by atoms with Gasteiger partial charge in [-0.05, 0) is 44.0 Å². The van der Waals surface area contributed by atoms with Crippen molar-refractivity contribution in [3.05, 3.63) is 35.4 Å². The highest BCUT2D eigenvalue weighted by Crippen LogP contribution is 2.21. The van der Waals surface area contributed by atoms with E-state index in [4.69, 9.17) is 10.5 Å². The Labute approximate surface area is 108 Å². The zero-order valence-electron chi connectivity index (χ0n) is 10.7. The summed E-state index contributed by atoms with van der Waals surface area (Å²) in [5.41, 5.74) is 6.71. The van der Waals surface area contributed by atoms with Crippen LogP contribution in [0, 0.1) is 0 Å². The molecule has 1 amide bonds. The lowest BCUT2D eigenvalue weighted by molar-refractivity contribution is -0.0571. The van der Waals surface area contributed by atoms with Crippen LogP contribution in [0.1, 0.15) is 35.7 Å². The first-order valence-electron chi connectivity index (χ1n) is 6.32. The number of benzene rings is 1. The summed E-state index contributed by atoms with van der Waals surface area (Å²) in [6.07, 6.45) is 2.23. The highest BCUT2D eigenvalue weighted by Gasteiger charge is 2.27. The van der Waals surface area contributed by atoms with Gasteiger partial charge in [0.1, 0.15) is 0 Å². The molecular formula is C14H20N2O2. The predicted octanol–water partition coefficient (Wildman–Crippen LogP) is 1.44. The third-order valence-corrected chi connectivity index (χ3v) is 3.38. The summed E-state index contributed by atoms with van der Waals surface area (Å²) in [5.74, 6) is -0.397. The van der Waals surface area contributed by atoms with Crippen LogP contribution in [0.15, 0.2) is 24.3 Å². The van der Waals surface area contributed by atoms with E-state index in [9.17, 15) is 4.79 Å². The zero-order valence-corrected chi connectivity index (χ0v) is 10.7. The molecule has 98 valence electrons. The lowest BCUT2D eigenvalue weighted by Gasteiger charge is -2.34. The third kappa shape index (κ3) is 3.31. The number of nitrogens with two attached hydrogens (primary N) is 1. The summed E-state index contributed by atoms with van der Waals surface area (Å²) in [6, 6.07) is 7.25. The van der Waals surface area contributed by atoms with E-state index in [2.05, 4.69) is 12.2 Å². The van der Waals surface area contributed by atoms with Gasteiger partial charge in [-0.15, -0.1) is 0 Å². The van der Waals surface area contributed by atoms with Crippen molar-refractivity contribution in [1.82, 2.24) is 5.32 Å². The van der Waals surface area contributed by atoms with Crippen molar-refractivity contribution < 1.29 is 9.53 Å². The van der Waals surface area contributed by atoms with Crippen LogP contribution < -0.4 is 11.1 Å². The van der Waals surface area contributed by atoms with E-state index in [0.29, 0.717) is 12.2 Å². The molecule has 0 aromatic heterocycles. The van der Waals surface area contributed by atoms with Crippen molar-refractivity contribution in [2.75, 3.05) is 13.1 Å². The Bertz CT molecular complexity index is 408. The largest absolute Gasteiger partial charge is 0.369 e. The lowest BCUT2D eigenvalue weighted by Crippen LogP contribution is -2.45. The van der Waals surface area contributed by atoms with Gasteiger partial charge in [0.2, 0.25) is 5.91 Å². The second kappa shape index (κ2) is 5.50. The highest BCUT2D eigenvalue weighted by atomic mass is 16.5. The van der Waals surface area contributed by atoms with Gasteiger partial charge in [-0.2, -0.15) is 0 Å². The normalized spacial score (nSPS) is 23.8. The summed E-state index contributed by atoms with van der Waals surface area (Å²) >= 11 is 0. The van der Waals surface area contributed by atoms with Gasteiger partial charge in [-0.1, -0.05) is 12.1 Å². The average Bonchev–Trinajstić information content (AvgIpc) is 2.38. The number of hydrogen-bond acceptors (Lipinski definition) is 3. The number of amides is 1. The molecule has 3 N–H and O–H groups in total. The molecule has 0 spiro atoms. The number of carbonyl (C=O) groups is 1. The fourth-order valence-corrected chi connectivity index (χ4v) is 2.17. The van der Waals surface area contributed by atoms with Crippen LogP contribution in [-0.4, -0.2) is 24.6 Å². The lowest BCUT2D eigenvalue weighted by atomic mass is 9.96. The van der Waals surface area contributed by atoms with Crippen LogP contribution in [0.2, 0.25) is 0 Å². The maximum Gasteiger partial charge on any atom is 0.248 e. The minimum Gasteiger partial charge on any atom is -0.369 e. The van der Waals surface area contributed by atoms with Crippen LogP contribution >= 0.6 is 0 Å². The van der Waals surface area contributed by atoms with E-state index < -0.39 is 5.91 Å². The molecule has 18 heavy (non-hydrogen) atoms. The molecule has 0 radical (unpaired) electrons. The SMILES string of the molecule is CC1(OCc2ccc(C(N)=O)cc2)CCCNC1. The minimum absolute atomic E-state index is 0.0827. The highest BCUT2D eigenvalue weighted by molar-refractivity contribution is 5.92. The first-order valence-corrected chi connectivity index (χ1v) is 6.32. The molecule has 4 nitrogen and oxygen atoms in total. The van der Waals surface area contributed by atoms with E-state index in [1.165, 1.54) is 0 Å². The summed E-state index contributed by atoms with van der Waals surface area (Å²) < 4.78 is 5.98. The molecule has 0 bridgehead atoms. The predicted molar refractivity (Wildman–Crippen MR) is 70.3 cm³/mol. The van der Waals surface area contributed by atoms with Crippen LogP contribution in [0.5, 0.6) is 0 Å². The van der Waals surface area contributed by atoms with Gasteiger partial charge >= 0.3 is 0 Å². The minimum atomic E-state index is -0.397. The maximum absolute atomic E-state index is 11.0. The molecule has 1 unspecified atom stereocenters. The van der Waals surface area contributed by atoms with E-state index in [1.54, 1.807) is 12.1 Å². The third-order valence-electron chi connectivity index (χ3n) is 3.38. The summed E-state index contributed by atoms with van der Waals surface area (Å²) in [4.78, 5) is 11.0. The second-order valence-corrected chi connectivity index (χ2v) is 5.08. The number of carbonyl (C=O) groups excluding carboxylic acids is 1. The van der Waals surface area contributed by atoms with Crippen molar-refractivity contribution in [3.63, 3.8) is 0 Å². The standard InChI is InChI=1S/C14H20N2O2/c1-14(7-2-8-16-10-14)18-9-11-3-5-12(6-4-11)13(15)17/h3-6,16H,2,7-10H2,1H3,(H2,15,17). The first-order chi connectivity index (χ1) is 8.59. The molecular weight excluding hydrogens is 228 g/mol. The molecule has 1 fully saturated rings. The van der Waals surface area contributed by atoms with Crippen molar-refractivity contribution in [3.8, 4) is 0 Å². The van der Waals surface area contributed by atoms with Gasteiger partial charge < -0.3 is 15.8 Å². The molecule has 1 heterocycles. The van der Waals surface area contributed by atoms with E-state index in [1.807, 2.05) is 12.1 Å². The molecule has 1 aliphatic heterocycles. The summed E-state index contributed by atoms with van der Waals surface area (Å²) in [7, 11) is 0. The van der Waals surface area contributed by atoms with Crippen molar-refractivity contribution >= 4 is 5.91 Å². The van der Waals surface area contributed by atoms with Gasteiger partial charge in [-0.25, -0.2) is 0 Å². The maximum atomic E-state index is 11.0. The smallest absolute Gasteiger partial charge is 0.248 e. The Balaban J connectivity index is 1.91. The van der Waals surface area contributed by atoms with Crippen LogP contribution in [-0.2, 0) is 11.3 Å². The van der Waals surface area contributed by atoms with Gasteiger partial charge in [-0.3, -0.25) is 4.79 Å². The molecule has 1 saturated heterocycles. The van der Waals surface area contributed by atoms with Gasteiger partial charge in [0, 0.05) is 12.1 Å². The van der Waals surface area contributed by atoms with Crippen molar-refractivity contribution in [2.45, 2.75) is 32.0 Å². The molecule has 0 saturated carbocycles. The van der Waals surface area contributed by atoms with Crippen LogP contribution in [0.3, 0.4) is 0 Å². The molecule has 1 atom stereocenters. The molecule has 0 aliphatic carbocycles. The molecule has 2 rings (SSSR count). The fourth-order valence-electron chi connectivity index (χ4n) is 2.17. The molecule has 1 aromatic rings. The van der Waals surface area contributed by atoms with Crippen LogP contribution in [0.25, 0.3) is 0 Å². The van der Waals surface area contributed by atoms with E-state index in [0.717, 1.165) is 31.5 Å². The Morgan fingerprint density at radius 3 is 2.72 bits per heavy atom. The van der Waals surface area contributed by atoms with E-state index >= 15 is 0 Å². The summed E-state index contributed by atoms with van der Waals surface area (Å²) in [5, 5.41) is 3.35. The average molecular weight is 248 g/mol. The number of nitrogens with one attached hydrogen (secondary N) is 1. The number of rotatable bonds is 4. The number of primary amides is 1. The molecule has 4 heteroatoms. The van der Waals surface area contributed by atoms with Crippen molar-refractivity contribution in [2.24, 2.45) is 5.73 Å². The van der Waals surface area contributed by atoms with Crippen molar-refractivity contribution in [1.29, 1.82) is 0 Å². The Morgan fingerprint density at radius 1 is 1.44 bits per heavy atom. The Hall–Kier alpha value is -1.39. The topological polar surface area (TPSA) is 64.3 Å². The molecule has 1 aliphatic rings. The molecule has 1 aromatic carbocycles. The number of piperidine rings is 1. The number of hydrogen-bond donors (Lipinski definition) is 2. The zero-order chi connectivity index (χ0) is 13.0. The van der Waals surface area contributed by atoms with Gasteiger partial charge in [0.15, 0.2) is 0 Å².